The molecule has 3 heterocycles. The average molecular weight is 511 g/mol. The van der Waals surface area contributed by atoms with Gasteiger partial charge < -0.3 is 19.3 Å². The molecule has 184 valence electrons. The molecule has 0 aliphatic carbocycles. The number of thiophene rings is 1. The molecular formula is C28H31ClN2O3S. The minimum atomic E-state index is 0.112. The molecule has 0 N–H and O–H groups in total. The van der Waals surface area contributed by atoms with E-state index in [0.717, 1.165) is 46.8 Å². The molecule has 0 saturated carbocycles. The highest BCUT2D eigenvalue weighted by atomic mass is 35.5. The predicted molar refractivity (Wildman–Crippen MR) is 142 cm³/mol. The van der Waals surface area contributed by atoms with Gasteiger partial charge in [0, 0.05) is 29.6 Å². The molecule has 0 unspecified atom stereocenters. The normalized spacial score (nSPS) is 18.5. The number of rotatable bonds is 6. The first kappa shape index (κ1) is 24.2. The number of fused-ring (bicyclic) bond motifs is 1. The summed E-state index contributed by atoms with van der Waals surface area (Å²) in [6.07, 6.45) is 2.78. The molecule has 2 aliphatic rings. The minimum Gasteiger partial charge on any atom is -0.489 e. The summed E-state index contributed by atoms with van der Waals surface area (Å²) in [5.74, 6) is 2.11. The molecule has 2 aliphatic heterocycles. The van der Waals surface area contributed by atoms with Crippen LogP contribution in [-0.4, -0.2) is 55.6 Å². The fourth-order valence-electron chi connectivity index (χ4n) is 4.94. The maximum absolute atomic E-state index is 13.1. The van der Waals surface area contributed by atoms with Crippen molar-refractivity contribution in [2.75, 3.05) is 39.9 Å². The van der Waals surface area contributed by atoms with E-state index < -0.39 is 0 Å². The molecule has 0 bridgehead atoms. The Morgan fingerprint density at radius 2 is 2.11 bits per heavy atom. The van der Waals surface area contributed by atoms with Crippen LogP contribution in [0.15, 0.2) is 53.2 Å². The molecule has 1 atom stereocenters. The quantitative estimate of drug-likeness (QED) is 0.423. The van der Waals surface area contributed by atoms with Crippen LogP contribution in [0, 0.1) is 5.92 Å². The van der Waals surface area contributed by atoms with E-state index in [0.29, 0.717) is 43.7 Å². The first-order valence-corrected chi connectivity index (χ1v) is 13.5. The van der Waals surface area contributed by atoms with Crippen LogP contribution in [0.3, 0.4) is 0 Å². The smallest absolute Gasteiger partial charge is 0.227 e. The van der Waals surface area contributed by atoms with Crippen molar-refractivity contribution in [3.05, 3.63) is 69.4 Å². The second-order valence-electron chi connectivity index (χ2n) is 9.53. The van der Waals surface area contributed by atoms with Crippen LogP contribution < -0.4 is 9.47 Å². The van der Waals surface area contributed by atoms with Crippen molar-refractivity contribution in [1.82, 2.24) is 9.80 Å². The van der Waals surface area contributed by atoms with Crippen molar-refractivity contribution >= 4 is 28.8 Å². The molecule has 5 rings (SSSR count). The average Bonchev–Trinajstić information content (AvgIpc) is 3.26. The zero-order valence-corrected chi connectivity index (χ0v) is 21.6. The molecule has 5 nitrogen and oxygen atoms in total. The van der Waals surface area contributed by atoms with Crippen LogP contribution in [0.1, 0.15) is 24.0 Å². The molecule has 1 amide bonds. The highest BCUT2D eigenvalue weighted by Gasteiger charge is 2.25. The lowest BCUT2D eigenvalue weighted by atomic mass is 9.99. The number of amides is 1. The number of carbonyl (C=O) groups excluding carboxylic acids is 1. The zero-order chi connectivity index (χ0) is 24.2. The third-order valence-electron chi connectivity index (χ3n) is 6.74. The summed E-state index contributed by atoms with van der Waals surface area (Å²) in [5.41, 5.74) is 4.05. The lowest BCUT2D eigenvalue weighted by Gasteiger charge is -2.29. The number of halogens is 1. The van der Waals surface area contributed by atoms with Crippen LogP contribution in [0.2, 0.25) is 5.02 Å². The Morgan fingerprint density at radius 3 is 2.91 bits per heavy atom. The van der Waals surface area contributed by atoms with Gasteiger partial charge in [0.15, 0.2) is 11.5 Å². The Hall–Kier alpha value is -2.54. The standard InChI is InChI=1S/C28H31ClN2O3S/c1-30-8-3-4-21(16-30)18-34-26-15-23(22-5-2-6-25(29)14-22)13-24-17-31(9-10-33-28(24)26)27(32)12-20-7-11-35-19-20/h2,5-7,11,13-15,19,21H,3-4,8-10,12,16-18H2,1H3/t21-/m1/s1. The second kappa shape index (κ2) is 11.0. The van der Waals surface area contributed by atoms with Gasteiger partial charge in [0.1, 0.15) is 6.61 Å². The number of nitrogens with zero attached hydrogens (tertiary/aromatic N) is 2. The summed E-state index contributed by atoms with van der Waals surface area (Å²) in [6, 6.07) is 14.0. The monoisotopic (exact) mass is 510 g/mol. The van der Waals surface area contributed by atoms with Gasteiger partial charge in [-0.05, 0) is 84.2 Å². The van der Waals surface area contributed by atoms with E-state index in [4.69, 9.17) is 21.1 Å². The number of carbonyl (C=O) groups is 1. The van der Waals surface area contributed by atoms with Crippen molar-refractivity contribution in [3.63, 3.8) is 0 Å². The maximum Gasteiger partial charge on any atom is 0.227 e. The fraction of sp³-hybridized carbons (Fsp3) is 0.393. The van der Waals surface area contributed by atoms with Gasteiger partial charge in [-0.1, -0.05) is 23.7 Å². The van der Waals surface area contributed by atoms with Crippen LogP contribution in [0.5, 0.6) is 11.5 Å². The van der Waals surface area contributed by atoms with E-state index >= 15 is 0 Å². The fourth-order valence-corrected chi connectivity index (χ4v) is 5.79. The van der Waals surface area contributed by atoms with E-state index in [-0.39, 0.29) is 5.91 Å². The predicted octanol–water partition coefficient (Wildman–Crippen LogP) is 5.75. The number of likely N-dealkylation sites (tertiary alicyclic amines) is 1. The molecule has 0 spiro atoms. The zero-order valence-electron chi connectivity index (χ0n) is 20.0. The van der Waals surface area contributed by atoms with E-state index in [1.54, 1.807) is 11.3 Å². The van der Waals surface area contributed by atoms with E-state index in [1.807, 2.05) is 46.0 Å². The molecule has 1 aromatic heterocycles. The highest BCUT2D eigenvalue weighted by Crippen LogP contribution is 2.39. The molecule has 1 fully saturated rings. The van der Waals surface area contributed by atoms with Crippen LogP contribution in [0.4, 0.5) is 0 Å². The summed E-state index contributed by atoms with van der Waals surface area (Å²) in [5, 5.41) is 4.73. The summed E-state index contributed by atoms with van der Waals surface area (Å²) in [4.78, 5) is 17.4. The third-order valence-corrected chi connectivity index (χ3v) is 7.71. The Kier molecular flexibility index (Phi) is 7.61. The molecule has 1 saturated heterocycles. The Bertz CT molecular complexity index is 1170. The molecule has 0 radical (unpaired) electrons. The number of hydrogen-bond donors (Lipinski definition) is 0. The van der Waals surface area contributed by atoms with Gasteiger partial charge in [0.25, 0.3) is 0 Å². The van der Waals surface area contributed by atoms with Crippen molar-refractivity contribution in [3.8, 4) is 22.6 Å². The summed E-state index contributed by atoms with van der Waals surface area (Å²) in [6.45, 7) is 4.34. The first-order valence-electron chi connectivity index (χ1n) is 12.2. The van der Waals surface area contributed by atoms with Crippen LogP contribution in [0.25, 0.3) is 11.1 Å². The molecule has 3 aromatic rings. The van der Waals surface area contributed by atoms with Gasteiger partial charge in [0.05, 0.1) is 19.6 Å². The van der Waals surface area contributed by atoms with Gasteiger partial charge in [0.2, 0.25) is 5.91 Å². The molecule has 2 aromatic carbocycles. The van der Waals surface area contributed by atoms with Crippen molar-refractivity contribution < 1.29 is 14.3 Å². The Labute approximate surface area is 216 Å². The number of hydrogen-bond acceptors (Lipinski definition) is 5. The van der Waals surface area contributed by atoms with Gasteiger partial charge >= 0.3 is 0 Å². The number of piperidine rings is 1. The number of ether oxygens (including phenoxy) is 2. The lowest BCUT2D eigenvalue weighted by molar-refractivity contribution is -0.131. The van der Waals surface area contributed by atoms with E-state index in [2.05, 4.69) is 24.1 Å². The number of benzene rings is 2. The third kappa shape index (κ3) is 6.00. The minimum absolute atomic E-state index is 0.112. The first-order chi connectivity index (χ1) is 17.0. The Balaban J connectivity index is 1.43. The van der Waals surface area contributed by atoms with E-state index in [1.165, 1.54) is 12.8 Å². The van der Waals surface area contributed by atoms with Crippen molar-refractivity contribution in [2.24, 2.45) is 5.92 Å². The largest absolute Gasteiger partial charge is 0.489 e. The second-order valence-corrected chi connectivity index (χ2v) is 10.7. The SMILES string of the molecule is CN1CCC[C@@H](COc2cc(-c3cccc(Cl)c3)cc3c2OCCN(C(=O)Cc2ccsc2)C3)C1. The molecule has 35 heavy (non-hydrogen) atoms. The molecular weight excluding hydrogens is 480 g/mol. The lowest BCUT2D eigenvalue weighted by Crippen LogP contribution is -2.34. The van der Waals surface area contributed by atoms with Gasteiger partial charge in [-0.3, -0.25) is 4.79 Å². The van der Waals surface area contributed by atoms with Crippen molar-refractivity contribution in [2.45, 2.75) is 25.8 Å². The topological polar surface area (TPSA) is 42.0 Å². The maximum atomic E-state index is 13.1. The summed E-state index contributed by atoms with van der Waals surface area (Å²) < 4.78 is 12.7. The summed E-state index contributed by atoms with van der Waals surface area (Å²) in [7, 11) is 2.17. The van der Waals surface area contributed by atoms with Gasteiger partial charge in [-0.15, -0.1) is 0 Å². The van der Waals surface area contributed by atoms with Gasteiger partial charge in [-0.2, -0.15) is 11.3 Å². The summed E-state index contributed by atoms with van der Waals surface area (Å²) >= 11 is 7.92. The molecule has 7 heteroatoms. The van der Waals surface area contributed by atoms with Gasteiger partial charge in [-0.25, -0.2) is 0 Å². The Morgan fingerprint density at radius 1 is 1.20 bits per heavy atom. The van der Waals surface area contributed by atoms with Crippen molar-refractivity contribution in [1.29, 1.82) is 0 Å². The van der Waals surface area contributed by atoms with E-state index in [9.17, 15) is 4.79 Å². The van der Waals surface area contributed by atoms with Crippen LogP contribution >= 0.6 is 22.9 Å². The highest BCUT2D eigenvalue weighted by molar-refractivity contribution is 7.08. The van der Waals surface area contributed by atoms with Crippen LogP contribution in [-0.2, 0) is 17.8 Å².